The summed E-state index contributed by atoms with van der Waals surface area (Å²) in [5.74, 6) is -5.06. The lowest BCUT2D eigenvalue weighted by Gasteiger charge is -2.27. The van der Waals surface area contributed by atoms with Crippen molar-refractivity contribution in [2.45, 2.75) is 136 Å². The molecular weight excluding hydrogens is 892 g/mol. The summed E-state index contributed by atoms with van der Waals surface area (Å²) in [6.07, 6.45) is -0.873. The molecule has 9 atom stereocenters. The third-order valence-electron chi connectivity index (χ3n) is 11.2. The molecule has 3 aliphatic heterocycles. The molecule has 23 heteroatoms. The van der Waals surface area contributed by atoms with Gasteiger partial charge in [0.15, 0.2) is 0 Å². The fraction of sp³-hybridized carbons (Fsp3) is 0.651. The maximum Gasteiger partial charge on any atom is 0.326 e. The first kappa shape index (κ1) is 54.9. The summed E-state index contributed by atoms with van der Waals surface area (Å²) in [5, 5.41) is 68.0. The summed E-state index contributed by atoms with van der Waals surface area (Å²) in [4.78, 5) is 75.6. The van der Waals surface area contributed by atoms with Crippen molar-refractivity contribution in [3.05, 3.63) is 52.6 Å². The number of carbonyl (C=O) groups is 6. The third kappa shape index (κ3) is 14.1. The predicted molar refractivity (Wildman–Crippen MR) is 232 cm³/mol. The molecule has 66 heavy (non-hydrogen) atoms. The van der Waals surface area contributed by atoms with Crippen molar-refractivity contribution >= 4 is 47.8 Å². The number of aliphatic hydroxyl groups is 3. The van der Waals surface area contributed by atoms with Gasteiger partial charge in [0.2, 0.25) is 17.7 Å². The van der Waals surface area contributed by atoms with Crippen LogP contribution in [-0.2, 0) is 28.8 Å². The molecule has 0 radical (unpaired) electrons. The van der Waals surface area contributed by atoms with Crippen molar-refractivity contribution in [3.8, 4) is 0 Å². The number of aliphatic hydroxyl groups excluding tert-OH is 3. The maximum atomic E-state index is 12.7. The highest BCUT2D eigenvalue weighted by atomic mass is 32.2. The number of aromatic nitrogens is 3. The number of carboxylic acid groups (broad SMARTS) is 3. The van der Waals surface area contributed by atoms with Gasteiger partial charge in [-0.3, -0.25) is 14.4 Å². The van der Waals surface area contributed by atoms with Crippen LogP contribution in [0.1, 0.15) is 113 Å². The molecule has 6 N–H and O–H groups in total. The van der Waals surface area contributed by atoms with E-state index in [0.29, 0.717) is 34.4 Å². The smallest absolute Gasteiger partial charge is 0.326 e. The third-order valence-corrected chi connectivity index (χ3v) is 11.2. The molecule has 6 heterocycles. The summed E-state index contributed by atoms with van der Waals surface area (Å²) >= 11 is 0.250. The van der Waals surface area contributed by atoms with Gasteiger partial charge in [-0.25, -0.2) is 14.4 Å². The topological polar surface area (TPSA) is 312 Å². The minimum Gasteiger partial charge on any atom is -0.480 e. The van der Waals surface area contributed by atoms with Crippen molar-refractivity contribution in [2.24, 2.45) is 17.8 Å². The zero-order valence-corrected chi connectivity index (χ0v) is 39.5. The quantitative estimate of drug-likeness (QED) is 0.151. The number of rotatable bonds is 12. The maximum absolute atomic E-state index is 12.7. The molecule has 6 rings (SSSR count). The molecule has 3 aromatic heterocycles. The van der Waals surface area contributed by atoms with Gasteiger partial charge in [0.1, 0.15) is 53.2 Å². The normalized spacial score (nSPS) is 22.8. The molecule has 0 saturated carbocycles. The first-order valence-corrected chi connectivity index (χ1v) is 22.6. The van der Waals surface area contributed by atoms with Gasteiger partial charge < -0.3 is 58.9 Å². The molecule has 0 aliphatic carbocycles. The second-order valence-corrected chi connectivity index (χ2v) is 17.9. The van der Waals surface area contributed by atoms with E-state index >= 15 is 0 Å². The van der Waals surface area contributed by atoms with Crippen LogP contribution >= 0.6 is 12.1 Å². The Hall–Kier alpha value is -5.39. The number of carboxylic acids is 3. The number of carbonyl (C=O) groups excluding carboxylic acids is 3. The highest BCUT2D eigenvalue weighted by molar-refractivity contribution is 7.93. The van der Waals surface area contributed by atoms with Gasteiger partial charge in [-0.2, -0.15) is 3.89 Å². The average Bonchev–Trinajstić information content (AvgIpc) is 4.08. The van der Waals surface area contributed by atoms with Gasteiger partial charge in [0.25, 0.3) is 0 Å². The largest absolute Gasteiger partial charge is 0.480 e. The zero-order chi connectivity index (χ0) is 49.9. The Morgan fingerprint density at radius 1 is 0.545 bits per heavy atom. The van der Waals surface area contributed by atoms with E-state index in [4.69, 9.17) is 13.6 Å². The van der Waals surface area contributed by atoms with Crippen molar-refractivity contribution in [3.63, 3.8) is 0 Å². The number of hydrogen-bond donors (Lipinski definition) is 6. The molecule has 3 aliphatic rings. The second kappa shape index (κ2) is 24.4. The van der Waals surface area contributed by atoms with Gasteiger partial charge >= 0.3 is 17.9 Å². The summed E-state index contributed by atoms with van der Waals surface area (Å²) in [6, 6.07) is 2.09. The number of aryl methyl sites for hydroxylation is 3. The van der Waals surface area contributed by atoms with Gasteiger partial charge in [-0.1, -0.05) is 57.0 Å². The number of hydrogen-bond acceptors (Lipinski definition) is 16. The van der Waals surface area contributed by atoms with E-state index in [1.807, 2.05) is 41.5 Å². The van der Waals surface area contributed by atoms with Gasteiger partial charge in [0.05, 0.1) is 35.4 Å². The van der Waals surface area contributed by atoms with Crippen molar-refractivity contribution in [1.82, 2.24) is 30.2 Å². The highest BCUT2D eigenvalue weighted by Gasteiger charge is 2.46. The van der Waals surface area contributed by atoms with Gasteiger partial charge in [-0.05, 0) is 38.5 Å². The van der Waals surface area contributed by atoms with E-state index < -0.39 is 72.1 Å². The van der Waals surface area contributed by atoms with Crippen LogP contribution in [0.3, 0.4) is 0 Å². The molecule has 0 bridgehead atoms. The van der Waals surface area contributed by atoms with Crippen LogP contribution in [0.5, 0.6) is 0 Å². The molecule has 1 unspecified atom stereocenters. The van der Waals surface area contributed by atoms with E-state index in [0.717, 1.165) is 0 Å². The minimum atomic E-state index is -1.10. The van der Waals surface area contributed by atoms with E-state index in [2.05, 4.69) is 15.5 Å². The lowest BCUT2D eigenvalue weighted by Crippen LogP contribution is -2.44. The van der Waals surface area contributed by atoms with E-state index in [9.17, 15) is 63.3 Å². The first-order chi connectivity index (χ1) is 30.8. The molecular formula is C43H63FN6O15S. The van der Waals surface area contributed by atoms with Crippen LogP contribution in [0.4, 0.5) is 3.89 Å². The Kier molecular flexibility index (Phi) is 20.3. The fourth-order valence-electron chi connectivity index (χ4n) is 8.21. The standard InChI is InChI=1S/3C14H20N2O5.CH3FS/c3*1-7(2)12(11-4-8(3)15-21-11)13(18)16-6-9(17)5-10(16)14(19)20;1-3-2/h3*4,7,9-10,12,17H,5-6H2,1-3H3,(H,19,20);1H3/t9-,10+,12?;9-,10+,12+;9-,10+,12-;/m111./s1. The Morgan fingerprint density at radius 3 is 0.909 bits per heavy atom. The molecule has 3 aromatic rings. The molecule has 21 nitrogen and oxygen atoms in total. The molecule has 3 fully saturated rings. The van der Waals surface area contributed by atoms with Crippen LogP contribution in [0, 0.1) is 38.5 Å². The van der Waals surface area contributed by atoms with Crippen molar-refractivity contribution in [2.75, 3.05) is 25.9 Å². The number of β-amino-alcohol motifs (C(OH)–C–C–N with tert-alkyl or cyclic N) is 3. The number of aliphatic carboxylic acids is 3. The summed E-state index contributed by atoms with van der Waals surface area (Å²) < 4.78 is 25.8. The van der Waals surface area contributed by atoms with Crippen LogP contribution in [-0.4, -0.2) is 159 Å². The summed E-state index contributed by atoms with van der Waals surface area (Å²) in [7, 11) is 0. The first-order valence-electron chi connectivity index (χ1n) is 21.4. The Labute approximate surface area is 385 Å². The molecule has 368 valence electrons. The van der Waals surface area contributed by atoms with Crippen LogP contribution < -0.4 is 0 Å². The minimum absolute atomic E-state index is 0.0339. The van der Waals surface area contributed by atoms with Crippen molar-refractivity contribution in [1.29, 1.82) is 0 Å². The Morgan fingerprint density at radius 2 is 0.758 bits per heavy atom. The molecule has 0 spiro atoms. The van der Waals surface area contributed by atoms with Gasteiger partial charge in [0, 0.05) is 75.5 Å². The molecule has 3 saturated heterocycles. The number of likely N-dealkylation sites (tertiary alicyclic amines) is 3. The fourth-order valence-corrected chi connectivity index (χ4v) is 8.21. The summed E-state index contributed by atoms with van der Waals surface area (Å²) in [5.41, 5.74) is 2.00. The van der Waals surface area contributed by atoms with E-state index in [-0.39, 0.29) is 86.5 Å². The van der Waals surface area contributed by atoms with Gasteiger partial charge in [-0.15, -0.1) is 0 Å². The van der Waals surface area contributed by atoms with Crippen LogP contribution in [0.25, 0.3) is 0 Å². The lowest BCUT2D eigenvalue weighted by molar-refractivity contribution is -0.149. The number of halogens is 1. The number of amides is 3. The molecule has 0 aromatic carbocycles. The SMILES string of the molecule is CSF.Cc1cc(C(C(=O)N2C[C@H](O)C[C@H]2C(=O)O)C(C)C)on1.Cc1cc([C@@H](C(=O)N2C[C@H](O)C[C@H]2C(=O)O)C(C)C)on1.Cc1cc([C@H](C(=O)N2C[C@H](O)C[C@H]2C(=O)O)C(C)C)on1. The highest BCUT2D eigenvalue weighted by Crippen LogP contribution is 2.34. The molecule has 3 amide bonds. The second-order valence-electron chi connectivity index (χ2n) is 17.6. The predicted octanol–water partition coefficient (Wildman–Crippen LogP) is 3.54. The Balaban J connectivity index is 0.000000255. The van der Waals surface area contributed by atoms with Crippen LogP contribution in [0.15, 0.2) is 31.8 Å². The van der Waals surface area contributed by atoms with Crippen LogP contribution in [0.2, 0.25) is 0 Å². The van der Waals surface area contributed by atoms with Crippen molar-refractivity contribution < 1.29 is 76.9 Å². The average molecular weight is 955 g/mol. The zero-order valence-electron chi connectivity index (χ0n) is 38.7. The summed E-state index contributed by atoms with van der Waals surface area (Å²) in [6.45, 7) is 16.6. The van der Waals surface area contributed by atoms with E-state index in [1.54, 1.807) is 39.0 Å². The number of nitrogens with zero attached hydrogens (tertiary/aromatic N) is 6. The Bertz CT molecular complexity index is 1880. The lowest BCUT2D eigenvalue weighted by atomic mass is 9.91. The van der Waals surface area contributed by atoms with E-state index in [1.165, 1.54) is 21.0 Å². The monoisotopic (exact) mass is 954 g/mol.